The number of rotatable bonds is 5. The molecule has 5 nitrogen and oxygen atoms in total. The summed E-state index contributed by atoms with van der Waals surface area (Å²) in [5.74, 6) is 0. The van der Waals surface area contributed by atoms with E-state index in [1.54, 1.807) is 18.4 Å². The van der Waals surface area contributed by atoms with Gasteiger partial charge >= 0.3 is 0 Å². The van der Waals surface area contributed by atoms with Crippen LogP contribution in [0, 0.1) is 0 Å². The third-order valence-electron chi connectivity index (χ3n) is 3.67. The second kappa shape index (κ2) is 7.57. The topological polar surface area (TPSA) is 47.5 Å². The van der Waals surface area contributed by atoms with Crippen molar-refractivity contribution in [2.75, 3.05) is 31.7 Å². The summed E-state index contributed by atoms with van der Waals surface area (Å²) in [6.45, 7) is 4.28. The minimum absolute atomic E-state index is 0.0763. The highest BCUT2D eigenvalue weighted by Crippen LogP contribution is 2.26. The minimum Gasteiger partial charge on any atom is -0.382 e. The SMILES string of the molecule is COCC1CN(c2nnc(Cc3ccc(Cl)cc3)s2)CC(C)O1. The molecule has 1 saturated heterocycles. The van der Waals surface area contributed by atoms with Crippen molar-refractivity contribution in [3.05, 3.63) is 39.9 Å². The zero-order valence-electron chi connectivity index (χ0n) is 13.2. The number of aromatic nitrogens is 2. The van der Waals surface area contributed by atoms with Crippen LogP contribution in [0.1, 0.15) is 17.5 Å². The predicted octanol–water partition coefficient (Wildman–Crippen LogP) is 3.02. The molecule has 0 saturated carbocycles. The lowest BCUT2D eigenvalue weighted by Crippen LogP contribution is -2.48. The van der Waals surface area contributed by atoms with Crippen molar-refractivity contribution in [3.8, 4) is 0 Å². The summed E-state index contributed by atoms with van der Waals surface area (Å²) in [4.78, 5) is 2.24. The number of hydrogen-bond acceptors (Lipinski definition) is 6. The van der Waals surface area contributed by atoms with Gasteiger partial charge in [-0.3, -0.25) is 0 Å². The van der Waals surface area contributed by atoms with Gasteiger partial charge in [0.25, 0.3) is 0 Å². The van der Waals surface area contributed by atoms with E-state index in [9.17, 15) is 0 Å². The third-order valence-corrected chi connectivity index (χ3v) is 4.91. The Morgan fingerprint density at radius 2 is 2.09 bits per heavy atom. The molecule has 7 heteroatoms. The zero-order chi connectivity index (χ0) is 16.2. The maximum absolute atomic E-state index is 5.92. The zero-order valence-corrected chi connectivity index (χ0v) is 14.8. The van der Waals surface area contributed by atoms with Gasteiger partial charge < -0.3 is 14.4 Å². The van der Waals surface area contributed by atoms with Gasteiger partial charge in [-0.1, -0.05) is 35.1 Å². The average Bonchev–Trinajstić information content (AvgIpc) is 2.98. The first-order chi connectivity index (χ1) is 11.1. The van der Waals surface area contributed by atoms with Gasteiger partial charge in [0.05, 0.1) is 18.8 Å². The minimum atomic E-state index is 0.0763. The number of ether oxygens (including phenoxy) is 2. The quantitative estimate of drug-likeness (QED) is 0.826. The fourth-order valence-corrected chi connectivity index (χ4v) is 3.72. The van der Waals surface area contributed by atoms with Crippen molar-refractivity contribution >= 4 is 28.1 Å². The van der Waals surface area contributed by atoms with Gasteiger partial charge in [-0.25, -0.2) is 0 Å². The van der Waals surface area contributed by atoms with Crippen LogP contribution in [0.2, 0.25) is 5.02 Å². The average molecular weight is 354 g/mol. The first-order valence-electron chi connectivity index (χ1n) is 7.60. The van der Waals surface area contributed by atoms with Crippen molar-refractivity contribution < 1.29 is 9.47 Å². The molecule has 3 rings (SSSR count). The van der Waals surface area contributed by atoms with E-state index in [2.05, 4.69) is 22.0 Å². The molecule has 2 unspecified atom stereocenters. The van der Waals surface area contributed by atoms with E-state index in [0.29, 0.717) is 6.61 Å². The lowest BCUT2D eigenvalue weighted by atomic mass is 10.2. The van der Waals surface area contributed by atoms with Gasteiger partial charge in [0.15, 0.2) is 0 Å². The van der Waals surface area contributed by atoms with E-state index in [4.69, 9.17) is 21.1 Å². The van der Waals surface area contributed by atoms with Gasteiger partial charge in [-0.05, 0) is 24.6 Å². The molecule has 1 aromatic heterocycles. The molecule has 0 bridgehead atoms. The van der Waals surface area contributed by atoms with E-state index in [0.717, 1.165) is 34.7 Å². The van der Waals surface area contributed by atoms with Crippen LogP contribution in [0.25, 0.3) is 0 Å². The Bertz CT molecular complexity index is 635. The van der Waals surface area contributed by atoms with Crippen LogP contribution in [-0.2, 0) is 15.9 Å². The summed E-state index contributed by atoms with van der Waals surface area (Å²) in [5, 5.41) is 11.4. The number of anilines is 1. The van der Waals surface area contributed by atoms with Crippen LogP contribution in [0.4, 0.5) is 5.13 Å². The molecule has 1 aliphatic rings. The van der Waals surface area contributed by atoms with E-state index >= 15 is 0 Å². The molecular weight excluding hydrogens is 334 g/mol. The second-order valence-corrected chi connectivity index (χ2v) is 7.19. The number of methoxy groups -OCH3 is 1. The van der Waals surface area contributed by atoms with Gasteiger partial charge in [0.2, 0.25) is 5.13 Å². The highest BCUT2D eigenvalue weighted by Gasteiger charge is 2.27. The van der Waals surface area contributed by atoms with Crippen molar-refractivity contribution in [2.45, 2.75) is 25.6 Å². The number of hydrogen-bond donors (Lipinski definition) is 0. The van der Waals surface area contributed by atoms with Crippen molar-refractivity contribution in [1.29, 1.82) is 0 Å². The smallest absolute Gasteiger partial charge is 0.208 e. The Labute approximate surface area is 145 Å². The Balaban J connectivity index is 1.67. The molecule has 2 atom stereocenters. The maximum atomic E-state index is 5.92. The van der Waals surface area contributed by atoms with Crippen LogP contribution in [0.5, 0.6) is 0 Å². The van der Waals surface area contributed by atoms with Gasteiger partial charge in [-0.15, -0.1) is 10.2 Å². The summed E-state index contributed by atoms with van der Waals surface area (Å²) in [5.41, 5.74) is 1.18. The fourth-order valence-electron chi connectivity index (χ4n) is 2.70. The Kier molecular flexibility index (Phi) is 5.48. The number of benzene rings is 1. The molecule has 2 aromatic rings. The van der Waals surface area contributed by atoms with Crippen LogP contribution in [-0.4, -0.2) is 49.2 Å². The molecule has 23 heavy (non-hydrogen) atoms. The van der Waals surface area contributed by atoms with Crippen molar-refractivity contribution in [1.82, 2.24) is 10.2 Å². The molecule has 0 amide bonds. The van der Waals surface area contributed by atoms with Crippen LogP contribution in [0.15, 0.2) is 24.3 Å². The number of halogens is 1. The maximum Gasteiger partial charge on any atom is 0.208 e. The molecule has 0 aliphatic carbocycles. The third kappa shape index (κ3) is 4.41. The highest BCUT2D eigenvalue weighted by atomic mass is 35.5. The lowest BCUT2D eigenvalue weighted by Gasteiger charge is -2.36. The van der Waals surface area contributed by atoms with Gasteiger partial charge in [0.1, 0.15) is 5.01 Å². The highest BCUT2D eigenvalue weighted by molar-refractivity contribution is 7.15. The summed E-state index contributed by atoms with van der Waals surface area (Å²) in [6.07, 6.45) is 1.01. The molecule has 0 N–H and O–H groups in total. The summed E-state index contributed by atoms with van der Waals surface area (Å²) >= 11 is 7.55. The molecule has 1 aromatic carbocycles. The van der Waals surface area contributed by atoms with Crippen molar-refractivity contribution in [3.63, 3.8) is 0 Å². The molecule has 1 fully saturated rings. The van der Waals surface area contributed by atoms with Crippen LogP contribution < -0.4 is 4.90 Å². The molecular formula is C16H20ClN3O2S. The first kappa shape index (κ1) is 16.6. The summed E-state index contributed by atoms with van der Waals surface area (Å²) in [7, 11) is 1.70. The van der Waals surface area contributed by atoms with E-state index in [1.807, 2.05) is 24.3 Å². The molecule has 1 aliphatic heterocycles. The first-order valence-corrected chi connectivity index (χ1v) is 8.79. The van der Waals surface area contributed by atoms with E-state index in [1.165, 1.54) is 5.56 Å². The van der Waals surface area contributed by atoms with Gasteiger partial charge in [-0.2, -0.15) is 0 Å². The largest absolute Gasteiger partial charge is 0.382 e. The van der Waals surface area contributed by atoms with Gasteiger partial charge in [0, 0.05) is 31.6 Å². The van der Waals surface area contributed by atoms with E-state index in [-0.39, 0.29) is 12.2 Å². The number of nitrogens with zero attached hydrogens (tertiary/aromatic N) is 3. The standard InChI is InChI=1S/C16H20ClN3O2S/c1-11-8-20(9-14(22-11)10-21-2)16-19-18-15(23-16)7-12-3-5-13(17)6-4-12/h3-6,11,14H,7-10H2,1-2H3. The van der Waals surface area contributed by atoms with E-state index < -0.39 is 0 Å². The second-order valence-electron chi connectivity index (χ2n) is 5.71. The van der Waals surface area contributed by atoms with Crippen LogP contribution >= 0.6 is 22.9 Å². The van der Waals surface area contributed by atoms with Crippen LogP contribution in [0.3, 0.4) is 0 Å². The number of morpholine rings is 1. The Morgan fingerprint density at radius 1 is 1.30 bits per heavy atom. The lowest BCUT2D eigenvalue weighted by molar-refractivity contribution is -0.0511. The Hall–Kier alpha value is -1.21. The monoisotopic (exact) mass is 353 g/mol. The molecule has 124 valence electrons. The summed E-state index contributed by atoms with van der Waals surface area (Å²) < 4.78 is 11.1. The Morgan fingerprint density at radius 3 is 2.83 bits per heavy atom. The molecule has 0 radical (unpaired) electrons. The molecule has 0 spiro atoms. The molecule has 2 heterocycles. The fraction of sp³-hybridized carbons (Fsp3) is 0.500. The predicted molar refractivity (Wildman–Crippen MR) is 92.6 cm³/mol. The normalized spacial score (nSPS) is 21.6. The van der Waals surface area contributed by atoms with Crippen molar-refractivity contribution in [2.24, 2.45) is 0 Å². The summed E-state index contributed by atoms with van der Waals surface area (Å²) in [6, 6.07) is 7.85.